The van der Waals surface area contributed by atoms with Gasteiger partial charge in [0.1, 0.15) is 0 Å². The number of aromatic nitrogens is 1. The maximum absolute atomic E-state index is 11.8. The van der Waals surface area contributed by atoms with Gasteiger partial charge < -0.3 is 0 Å². The van der Waals surface area contributed by atoms with Crippen LogP contribution in [0.2, 0.25) is 0 Å². The fourth-order valence-corrected chi connectivity index (χ4v) is 3.66. The molecule has 0 unspecified atom stereocenters. The van der Waals surface area contributed by atoms with Gasteiger partial charge in [-0.1, -0.05) is 12.5 Å². The average Bonchev–Trinajstić information content (AvgIpc) is 2.48. The van der Waals surface area contributed by atoms with Crippen molar-refractivity contribution >= 4 is 10.0 Å². The van der Waals surface area contributed by atoms with E-state index in [1.54, 1.807) is 14.1 Å². The van der Waals surface area contributed by atoms with Gasteiger partial charge >= 0.3 is 0 Å². The van der Waals surface area contributed by atoms with Crippen LogP contribution in [0.4, 0.5) is 0 Å². The van der Waals surface area contributed by atoms with Gasteiger partial charge in [0.2, 0.25) is 10.0 Å². The normalized spacial score (nSPS) is 20.8. The highest BCUT2D eigenvalue weighted by molar-refractivity contribution is 7.89. The van der Waals surface area contributed by atoms with Gasteiger partial charge in [0, 0.05) is 20.3 Å². The zero-order valence-electron chi connectivity index (χ0n) is 12.9. The number of hydrogen-bond acceptors (Lipinski definition) is 4. The van der Waals surface area contributed by atoms with Crippen LogP contribution in [0.3, 0.4) is 0 Å². The highest BCUT2D eigenvalue weighted by atomic mass is 32.2. The van der Waals surface area contributed by atoms with Gasteiger partial charge in [0.15, 0.2) is 0 Å². The lowest BCUT2D eigenvalue weighted by Gasteiger charge is -2.35. The average molecular weight is 311 g/mol. The maximum atomic E-state index is 11.8. The van der Waals surface area contributed by atoms with Crippen LogP contribution in [0.15, 0.2) is 24.4 Å². The Morgan fingerprint density at radius 1 is 1.33 bits per heavy atom. The summed E-state index contributed by atoms with van der Waals surface area (Å²) in [5.74, 6) is 0.214. The number of likely N-dealkylation sites (tertiary alicyclic amines) is 1. The fourth-order valence-electron chi connectivity index (χ4n) is 2.80. The Labute approximate surface area is 128 Å². The molecule has 1 fully saturated rings. The summed E-state index contributed by atoms with van der Waals surface area (Å²) < 4.78 is 24.9. The number of pyridine rings is 1. The van der Waals surface area contributed by atoms with Crippen molar-refractivity contribution in [3.05, 3.63) is 30.1 Å². The van der Waals surface area contributed by atoms with Gasteiger partial charge in [-0.25, -0.2) is 12.7 Å². The molecule has 0 bridgehead atoms. The van der Waals surface area contributed by atoms with Crippen molar-refractivity contribution in [2.75, 3.05) is 32.9 Å². The molecule has 1 aliphatic heterocycles. The van der Waals surface area contributed by atoms with Gasteiger partial charge in [-0.15, -0.1) is 0 Å². The minimum Gasteiger partial charge on any atom is -0.295 e. The van der Waals surface area contributed by atoms with Crippen molar-refractivity contribution in [2.45, 2.75) is 31.7 Å². The van der Waals surface area contributed by atoms with E-state index in [1.807, 2.05) is 18.3 Å². The predicted octanol–water partition coefficient (Wildman–Crippen LogP) is 1.89. The lowest BCUT2D eigenvalue weighted by atomic mass is 9.98. The SMILES string of the molecule is CN(C)S(=O)(=O)CCCN1CCCC[C@H]1c1ccccn1. The summed E-state index contributed by atoms with van der Waals surface area (Å²) in [4.78, 5) is 6.86. The summed E-state index contributed by atoms with van der Waals surface area (Å²) in [5.41, 5.74) is 1.10. The molecule has 5 nitrogen and oxygen atoms in total. The van der Waals surface area contributed by atoms with Crippen LogP contribution in [-0.4, -0.2) is 55.5 Å². The van der Waals surface area contributed by atoms with Crippen LogP contribution in [-0.2, 0) is 10.0 Å². The lowest BCUT2D eigenvalue weighted by Crippen LogP contribution is -2.36. The second-order valence-corrected chi connectivity index (χ2v) is 8.06. The smallest absolute Gasteiger partial charge is 0.213 e. The molecule has 0 radical (unpaired) electrons. The number of nitrogens with zero attached hydrogens (tertiary/aromatic N) is 3. The van der Waals surface area contributed by atoms with Crippen molar-refractivity contribution in [3.63, 3.8) is 0 Å². The third-order valence-corrected chi connectivity index (χ3v) is 5.96. The van der Waals surface area contributed by atoms with Gasteiger partial charge in [-0.05, 0) is 44.5 Å². The van der Waals surface area contributed by atoms with E-state index in [0.29, 0.717) is 12.5 Å². The molecule has 2 rings (SSSR count). The molecule has 0 amide bonds. The molecule has 0 N–H and O–H groups in total. The Morgan fingerprint density at radius 3 is 2.81 bits per heavy atom. The lowest BCUT2D eigenvalue weighted by molar-refractivity contribution is 0.146. The molecule has 118 valence electrons. The zero-order chi connectivity index (χ0) is 15.3. The number of sulfonamides is 1. The molecule has 0 spiro atoms. The summed E-state index contributed by atoms with van der Waals surface area (Å²) in [7, 11) is 0.0903. The third-order valence-electron chi connectivity index (χ3n) is 4.05. The van der Waals surface area contributed by atoms with Crippen molar-refractivity contribution in [1.29, 1.82) is 0 Å². The van der Waals surface area contributed by atoms with E-state index < -0.39 is 10.0 Å². The molecule has 0 saturated carbocycles. The summed E-state index contributed by atoms with van der Waals surface area (Å²) in [6.45, 7) is 1.84. The Bertz CT molecular complexity index is 531. The van der Waals surface area contributed by atoms with Gasteiger partial charge in [0.05, 0.1) is 17.5 Å². The van der Waals surface area contributed by atoms with E-state index in [0.717, 1.165) is 25.2 Å². The first-order valence-corrected chi connectivity index (χ1v) is 9.17. The topological polar surface area (TPSA) is 53.5 Å². The Hall–Kier alpha value is -0.980. The van der Waals surface area contributed by atoms with Crippen molar-refractivity contribution in [3.8, 4) is 0 Å². The second-order valence-electron chi connectivity index (χ2n) is 5.75. The Kier molecular flexibility index (Phi) is 5.72. The van der Waals surface area contributed by atoms with E-state index in [2.05, 4.69) is 16.0 Å². The molecule has 1 atom stereocenters. The highest BCUT2D eigenvalue weighted by Crippen LogP contribution is 2.29. The van der Waals surface area contributed by atoms with Crippen LogP contribution in [0.25, 0.3) is 0 Å². The van der Waals surface area contributed by atoms with Crippen molar-refractivity contribution in [1.82, 2.24) is 14.2 Å². The molecule has 0 aliphatic carbocycles. The first-order chi connectivity index (χ1) is 10.0. The van der Waals surface area contributed by atoms with Crippen LogP contribution < -0.4 is 0 Å². The first kappa shape index (κ1) is 16.4. The summed E-state index contributed by atoms with van der Waals surface area (Å²) in [6.07, 6.45) is 6.01. The third kappa shape index (κ3) is 4.49. The number of hydrogen-bond donors (Lipinski definition) is 0. The first-order valence-electron chi connectivity index (χ1n) is 7.56. The molecule has 0 aromatic carbocycles. The van der Waals surface area contributed by atoms with Crippen molar-refractivity contribution in [2.24, 2.45) is 0 Å². The van der Waals surface area contributed by atoms with Crippen LogP contribution in [0.1, 0.15) is 37.4 Å². The Balaban J connectivity index is 1.94. The molecule has 6 heteroatoms. The van der Waals surface area contributed by atoms with E-state index in [9.17, 15) is 8.42 Å². The summed E-state index contributed by atoms with van der Waals surface area (Å²) in [5, 5.41) is 0. The van der Waals surface area contributed by atoms with E-state index in [1.165, 1.54) is 17.1 Å². The second kappa shape index (κ2) is 7.33. The molecular formula is C15H25N3O2S. The van der Waals surface area contributed by atoms with Gasteiger partial charge in [-0.2, -0.15) is 0 Å². The highest BCUT2D eigenvalue weighted by Gasteiger charge is 2.25. The minimum atomic E-state index is -3.09. The molecule has 1 saturated heterocycles. The van der Waals surface area contributed by atoms with E-state index in [4.69, 9.17) is 0 Å². The van der Waals surface area contributed by atoms with Crippen LogP contribution >= 0.6 is 0 Å². The quantitative estimate of drug-likeness (QED) is 0.805. The van der Waals surface area contributed by atoms with Crippen LogP contribution in [0, 0.1) is 0 Å². The zero-order valence-corrected chi connectivity index (χ0v) is 13.7. The molecule has 1 aromatic rings. The minimum absolute atomic E-state index is 0.214. The summed E-state index contributed by atoms with van der Waals surface area (Å²) in [6, 6.07) is 6.35. The fraction of sp³-hybridized carbons (Fsp3) is 0.667. The maximum Gasteiger partial charge on any atom is 0.213 e. The monoisotopic (exact) mass is 311 g/mol. The van der Waals surface area contributed by atoms with Gasteiger partial charge in [0.25, 0.3) is 0 Å². The molecule has 2 heterocycles. The number of rotatable bonds is 6. The molecule has 21 heavy (non-hydrogen) atoms. The predicted molar refractivity (Wildman–Crippen MR) is 84.5 cm³/mol. The summed E-state index contributed by atoms with van der Waals surface area (Å²) >= 11 is 0. The molecule has 1 aromatic heterocycles. The van der Waals surface area contributed by atoms with E-state index in [-0.39, 0.29) is 5.75 Å². The standard InChI is InChI=1S/C15H25N3O2S/c1-17(2)21(19,20)13-7-12-18-11-6-4-9-15(18)14-8-3-5-10-16-14/h3,5,8,10,15H,4,6-7,9,11-13H2,1-2H3/t15-/m0/s1. The number of piperidine rings is 1. The molecular weight excluding hydrogens is 286 g/mol. The van der Waals surface area contributed by atoms with Crippen molar-refractivity contribution < 1.29 is 8.42 Å². The molecule has 1 aliphatic rings. The Morgan fingerprint density at radius 2 is 2.14 bits per heavy atom. The largest absolute Gasteiger partial charge is 0.295 e. The van der Waals surface area contributed by atoms with Crippen LogP contribution in [0.5, 0.6) is 0 Å². The van der Waals surface area contributed by atoms with Gasteiger partial charge in [-0.3, -0.25) is 9.88 Å². The van der Waals surface area contributed by atoms with E-state index >= 15 is 0 Å².